The van der Waals surface area contributed by atoms with Crippen LogP contribution in [0.15, 0.2) is 42.5 Å². The van der Waals surface area contributed by atoms with Crippen LogP contribution in [0.4, 0.5) is 11.4 Å². The minimum absolute atomic E-state index is 0.0153. The first kappa shape index (κ1) is 17.2. The van der Waals surface area contributed by atoms with Crippen LogP contribution in [0, 0.1) is 19.8 Å². The van der Waals surface area contributed by atoms with Gasteiger partial charge in [-0.2, -0.15) is 0 Å². The summed E-state index contributed by atoms with van der Waals surface area (Å²) in [7, 11) is 0. The Kier molecular flexibility index (Phi) is 4.88. The number of hydrogen-bond acceptors (Lipinski definition) is 2. The van der Waals surface area contributed by atoms with E-state index in [9.17, 15) is 9.59 Å². The first-order chi connectivity index (χ1) is 12.0. The number of para-hydroxylation sites is 1. The highest BCUT2D eigenvalue weighted by molar-refractivity contribution is 6.03. The molecule has 0 saturated carbocycles. The monoisotopic (exact) mass is 336 g/mol. The summed E-state index contributed by atoms with van der Waals surface area (Å²) in [5.41, 5.74) is 5.07. The van der Waals surface area contributed by atoms with Crippen LogP contribution in [0.3, 0.4) is 0 Å². The molecule has 0 unspecified atom stereocenters. The number of nitrogens with one attached hydrogen (secondary N) is 1. The molecule has 0 aliphatic carbocycles. The Labute approximate surface area is 148 Å². The number of aryl methyl sites for hydroxylation is 3. The second kappa shape index (κ2) is 7.09. The van der Waals surface area contributed by atoms with Gasteiger partial charge in [-0.05, 0) is 55.2 Å². The number of carbonyl (C=O) groups excluding carboxylic acids is 2. The smallest absolute Gasteiger partial charge is 0.229 e. The highest BCUT2D eigenvalue weighted by Gasteiger charge is 2.35. The SMILES string of the molecule is CCc1ccccc1N1C[C@@H](C(=O)Nc2cc(C)cc(C)c2)CC1=O. The third kappa shape index (κ3) is 3.73. The van der Waals surface area contributed by atoms with Gasteiger partial charge in [-0.25, -0.2) is 0 Å². The summed E-state index contributed by atoms with van der Waals surface area (Å²) in [6, 6.07) is 13.9. The van der Waals surface area contributed by atoms with Gasteiger partial charge in [0.15, 0.2) is 0 Å². The molecule has 1 aliphatic heterocycles. The van der Waals surface area contributed by atoms with Gasteiger partial charge in [-0.3, -0.25) is 9.59 Å². The molecule has 1 aliphatic rings. The molecule has 0 aromatic heterocycles. The molecule has 1 N–H and O–H groups in total. The highest BCUT2D eigenvalue weighted by atomic mass is 16.2. The molecule has 0 radical (unpaired) electrons. The number of nitrogens with zero attached hydrogens (tertiary/aromatic N) is 1. The van der Waals surface area contributed by atoms with Gasteiger partial charge in [0.05, 0.1) is 5.92 Å². The van der Waals surface area contributed by atoms with Crippen LogP contribution in [0.1, 0.15) is 30.0 Å². The van der Waals surface area contributed by atoms with E-state index < -0.39 is 0 Å². The van der Waals surface area contributed by atoms with Gasteiger partial charge in [0.2, 0.25) is 11.8 Å². The number of hydrogen-bond donors (Lipinski definition) is 1. The highest BCUT2D eigenvalue weighted by Crippen LogP contribution is 2.29. The van der Waals surface area contributed by atoms with E-state index in [1.165, 1.54) is 0 Å². The fraction of sp³-hybridized carbons (Fsp3) is 0.333. The van der Waals surface area contributed by atoms with E-state index in [4.69, 9.17) is 0 Å². The minimum Gasteiger partial charge on any atom is -0.326 e. The molecule has 1 atom stereocenters. The van der Waals surface area contributed by atoms with E-state index in [1.54, 1.807) is 4.90 Å². The molecule has 2 aromatic carbocycles. The fourth-order valence-corrected chi connectivity index (χ4v) is 3.48. The summed E-state index contributed by atoms with van der Waals surface area (Å²) < 4.78 is 0. The van der Waals surface area contributed by atoms with Crippen LogP contribution in [0.2, 0.25) is 0 Å². The maximum atomic E-state index is 12.6. The molecule has 130 valence electrons. The normalized spacial score (nSPS) is 17.0. The molecule has 1 saturated heterocycles. The van der Waals surface area contributed by atoms with E-state index in [2.05, 4.69) is 18.3 Å². The quantitative estimate of drug-likeness (QED) is 0.922. The summed E-state index contributed by atoms with van der Waals surface area (Å²) in [5, 5.41) is 2.97. The van der Waals surface area contributed by atoms with Crippen LogP contribution in [0.25, 0.3) is 0 Å². The summed E-state index contributed by atoms with van der Waals surface area (Å²) in [6.45, 7) is 6.52. The Hall–Kier alpha value is -2.62. The van der Waals surface area contributed by atoms with Crippen molar-refractivity contribution in [3.05, 3.63) is 59.2 Å². The lowest BCUT2D eigenvalue weighted by Crippen LogP contribution is -2.28. The zero-order valence-corrected chi connectivity index (χ0v) is 15.0. The average molecular weight is 336 g/mol. The summed E-state index contributed by atoms with van der Waals surface area (Å²) in [6.07, 6.45) is 1.12. The third-order valence-corrected chi connectivity index (χ3v) is 4.65. The first-order valence-electron chi connectivity index (χ1n) is 8.75. The first-order valence-corrected chi connectivity index (χ1v) is 8.75. The van der Waals surface area contributed by atoms with E-state index in [0.29, 0.717) is 6.54 Å². The van der Waals surface area contributed by atoms with E-state index in [1.807, 2.05) is 50.2 Å². The van der Waals surface area contributed by atoms with Crippen LogP contribution >= 0.6 is 0 Å². The third-order valence-electron chi connectivity index (χ3n) is 4.65. The number of anilines is 2. The van der Waals surface area contributed by atoms with Crippen LogP contribution < -0.4 is 10.2 Å². The van der Waals surface area contributed by atoms with Gasteiger partial charge in [-0.15, -0.1) is 0 Å². The molecule has 4 nitrogen and oxygen atoms in total. The number of carbonyl (C=O) groups is 2. The van der Waals surface area contributed by atoms with Gasteiger partial charge < -0.3 is 10.2 Å². The van der Waals surface area contributed by atoms with E-state index >= 15 is 0 Å². The van der Waals surface area contributed by atoms with Gasteiger partial charge in [-0.1, -0.05) is 31.2 Å². The predicted octanol–water partition coefficient (Wildman–Crippen LogP) is 3.86. The topological polar surface area (TPSA) is 49.4 Å². The number of benzene rings is 2. The molecule has 0 bridgehead atoms. The van der Waals surface area contributed by atoms with E-state index in [-0.39, 0.29) is 24.2 Å². The largest absolute Gasteiger partial charge is 0.326 e. The molecule has 2 aromatic rings. The molecular formula is C21H24N2O2. The molecule has 4 heteroatoms. The Morgan fingerprint density at radius 1 is 1.16 bits per heavy atom. The van der Waals surface area contributed by atoms with Gasteiger partial charge in [0.1, 0.15) is 0 Å². The van der Waals surface area contributed by atoms with Gasteiger partial charge in [0.25, 0.3) is 0 Å². The summed E-state index contributed by atoms with van der Waals surface area (Å²) in [5.74, 6) is -0.394. The average Bonchev–Trinajstić information content (AvgIpc) is 2.95. The fourth-order valence-electron chi connectivity index (χ4n) is 3.48. The van der Waals surface area contributed by atoms with Crippen LogP contribution in [-0.4, -0.2) is 18.4 Å². The molecule has 0 spiro atoms. The predicted molar refractivity (Wildman–Crippen MR) is 101 cm³/mol. The Morgan fingerprint density at radius 2 is 1.84 bits per heavy atom. The standard InChI is InChI=1S/C21H24N2O2/c1-4-16-7-5-6-8-19(16)23-13-17(12-20(23)24)21(25)22-18-10-14(2)9-15(3)11-18/h5-11,17H,4,12-13H2,1-3H3,(H,22,25)/t17-/m0/s1. The lowest BCUT2D eigenvalue weighted by molar-refractivity contribution is -0.122. The number of rotatable bonds is 4. The van der Waals surface area contributed by atoms with Gasteiger partial charge in [0, 0.05) is 24.3 Å². The lowest BCUT2D eigenvalue weighted by atomic mass is 10.1. The molecule has 25 heavy (non-hydrogen) atoms. The Bertz CT molecular complexity index is 793. The molecule has 2 amide bonds. The number of amides is 2. The maximum Gasteiger partial charge on any atom is 0.229 e. The second-order valence-electron chi connectivity index (χ2n) is 6.75. The van der Waals surface area contributed by atoms with Crippen molar-refractivity contribution in [1.82, 2.24) is 0 Å². The van der Waals surface area contributed by atoms with Crippen molar-refractivity contribution in [1.29, 1.82) is 0 Å². The zero-order chi connectivity index (χ0) is 18.0. The zero-order valence-electron chi connectivity index (χ0n) is 15.0. The summed E-state index contributed by atoms with van der Waals surface area (Å²) >= 11 is 0. The lowest BCUT2D eigenvalue weighted by Gasteiger charge is -2.20. The summed E-state index contributed by atoms with van der Waals surface area (Å²) in [4.78, 5) is 26.8. The molecule has 1 fully saturated rings. The van der Waals surface area contributed by atoms with E-state index in [0.717, 1.165) is 34.5 Å². The molecule has 1 heterocycles. The van der Waals surface area contributed by atoms with Crippen molar-refractivity contribution in [3.8, 4) is 0 Å². The van der Waals surface area contributed by atoms with Crippen molar-refractivity contribution in [3.63, 3.8) is 0 Å². The Morgan fingerprint density at radius 3 is 2.52 bits per heavy atom. The van der Waals surface area contributed by atoms with Crippen LogP contribution in [-0.2, 0) is 16.0 Å². The van der Waals surface area contributed by atoms with Crippen molar-refractivity contribution < 1.29 is 9.59 Å². The van der Waals surface area contributed by atoms with Crippen molar-refractivity contribution in [2.24, 2.45) is 5.92 Å². The van der Waals surface area contributed by atoms with Crippen molar-refractivity contribution in [2.45, 2.75) is 33.6 Å². The molecular weight excluding hydrogens is 312 g/mol. The van der Waals surface area contributed by atoms with Crippen molar-refractivity contribution >= 4 is 23.2 Å². The van der Waals surface area contributed by atoms with Gasteiger partial charge >= 0.3 is 0 Å². The van der Waals surface area contributed by atoms with Crippen molar-refractivity contribution in [2.75, 3.05) is 16.8 Å². The Balaban J connectivity index is 1.74. The second-order valence-corrected chi connectivity index (χ2v) is 6.75. The minimum atomic E-state index is -0.321. The maximum absolute atomic E-state index is 12.6. The van der Waals surface area contributed by atoms with Crippen LogP contribution in [0.5, 0.6) is 0 Å². The molecule has 3 rings (SSSR count).